The number of rotatable bonds is 5. The Morgan fingerprint density at radius 3 is 2.87 bits per heavy atom. The lowest BCUT2D eigenvalue weighted by atomic mass is 10.4. The highest BCUT2D eigenvalue weighted by atomic mass is 15.3. The van der Waals surface area contributed by atoms with Crippen LogP contribution in [0.3, 0.4) is 0 Å². The van der Waals surface area contributed by atoms with Crippen molar-refractivity contribution in [2.24, 2.45) is 5.73 Å². The van der Waals surface area contributed by atoms with Crippen LogP contribution in [0.4, 0.5) is 0 Å². The third-order valence-corrected chi connectivity index (χ3v) is 2.30. The number of aryl methyl sites for hydroxylation is 2. The second kappa shape index (κ2) is 4.75. The van der Waals surface area contributed by atoms with Gasteiger partial charge in [-0.1, -0.05) is 0 Å². The minimum Gasteiger partial charge on any atom is -0.333 e. The van der Waals surface area contributed by atoms with Crippen molar-refractivity contribution < 1.29 is 0 Å². The smallest absolute Gasteiger partial charge is 0.109 e. The van der Waals surface area contributed by atoms with Gasteiger partial charge in [0.1, 0.15) is 5.82 Å². The SMILES string of the molecule is NCCc1nccn1CCn1cccn1. The van der Waals surface area contributed by atoms with Crippen LogP contribution in [0, 0.1) is 0 Å². The largest absolute Gasteiger partial charge is 0.333 e. The van der Waals surface area contributed by atoms with Crippen molar-refractivity contribution >= 4 is 0 Å². The molecule has 80 valence electrons. The second-order valence-corrected chi connectivity index (χ2v) is 3.34. The quantitative estimate of drug-likeness (QED) is 0.762. The molecule has 5 heteroatoms. The molecule has 2 N–H and O–H groups in total. The van der Waals surface area contributed by atoms with E-state index in [1.165, 1.54) is 0 Å². The Labute approximate surface area is 88.5 Å². The Kier molecular flexibility index (Phi) is 3.14. The molecule has 15 heavy (non-hydrogen) atoms. The molecule has 0 radical (unpaired) electrons. The molecule has 0 amide bonds. The molecule has 2 aromatic heterocycles. The van der Waals surface area contributed by atoms with Crippen LogP contribution in [-0.4, -0.2) is 25.9 Å². The summed E-state index contributed by atoms with van der Waals surface area (Å²) in [7, 11) is 0. The first kappa shape index (κ1) is 9.92. The van der Waals surface area contributed by atoms with Crippen LogP contribution in [0.1, 0.15) is 5.82 Å². The second-order valence-electron chi connectivity index (χ2n) is 3.34. The number of nitrogens with two attached hydrogens (primary N) is 1. The van der Waals surface area contributed by atoms with Crippen LogP contribution in [0.25, 0.3) is 0 Å². The molecule has 0 spiro atoms. The van der Waals surface area contributed by atoms with Crippen molar-refractivity contribution in [3.8, 4) is 0 Å². The van der Waals surface area contributed by atoms with E-state index in [0.717, 1.165) is 25.3 Å². The van der Waals surface area contributed by atoms with E-state index in [1.54, 1.807) is 6.20 Å². The predicted octanol–water partition coefficient (Wildman–Crippen LogP) is 0.281. The summed E-state index contributed by atoms with van der Waals surface area (Å²) in [4.78, 5) is 4.26. The molecule has 0 unspecified atom stereocenters. The Bertz CT molecular complexity index is 390. The fourth-order valence-electron chi connectivity index (χ4n) is 1.54. The molecule has 0 fully saturated rings. The van der Waals surface area contributed by atoms with Gasteiger partial charge in [0, 0.05) is 37.8 Å². The molecule has 0 saturated heterocycles. The van der Waals surface area contributed by atoms with Gasteiger partial charge in [-0.25, -0.2) is 4.98 Å². The van der Waals surface area contributed by atoms with E-state index in [4.69, 9.17) is 5.73 Å². The third kappa shape index (κ3) is 2.44. The van der Waals surface area contributed by atoms with Crippen LogP contribution in [0.15, 0.2) is 30.9 Å². The number of aromatic nitrogens is 4. The van der Waals surface area contributed by atoms with E-state index < -0.39 is 0 Å². The maximum Gasteiger partial charge on any atom is 0.109 e. The molecule has 5 nitrogen and oxygen atoms in total. The van der Waals surface area contributed by atoms with Crippen LogP contribution in [-0.2, 0) is 19.5 Å². The molecule has 0 atom stereocenters. The molecule has 2 aromatic rings. The van der Waals surface area contributed by atoms with Crippen LogP contribution in [0.5, 0.6) is 0 Å². The first-order chi connectivity index (χ1) is 7.40. The molecular weight excluding hydrogens is 190 g/mol. The first-order valence-electron chi connectivity index (χ1n) is 5.07. The van der Waals surface area contributed by atoms with Crippen molar-refractivity contribution in [3.63, 3.8) is 0 Å². The zero-order valence-electron chi connectivity index (χ0n) is 8.58. The van der Waals surface area contributed by atoms with Gasteiger partial charge in [0.2, 0.25) is 0 Å². The number of hydrogen-bond acceptors (Lipinski definition) is 3. The van der Waals surface area contributed by atoms with Gasteiger partial charge in [-0.3, -0.25) is 4.68 Å². The maximum absolute atomic E-state index is 5.51. The van der Waals surface area contributed by atoms with Crippen LogP contribution >= 0.6 is 0 Å². The Morgan fingerprint density at radius 2 is 2.13 bits per heavy atom. The molecule has 2 rings (SSSR count). The monoisotopic (exact) mass is 205 g/mol. The van der Waals surface area contributed by atoms with Gasteiger partial charge in [0.25, 0.3) is 0 Å². The first-order valence-corrected chi connectivity index (χ1v) is 5.07. The zero-order valence-corrected chi connectivity index (χ0v) is 8.58. The summed E-state index contributed by atoms with van der Waals surface area (Å²) in [6.07, 6.45) is 8.36. The summed E-state index contributed by atoms with van der Waals surface area (Å²) in [6, 6.07) is 1.93. The molecule has 0 aliphatic heterocycles. The van der Waals surface area contributed by atoms with Crippen molar-refractivity contribution in [2.45, 2.75) is 19.5 Å². The fraction of sp³-hybridized carbons (Fsp3) is 0.400. The van der Waals surface area contributed by atoms with E-state index in [0.29, 0.717) is 6.54 Å². The van der Waals surface area contributed by atoms with Gasteiger partial charge in [0.05, 0.1) is 6.54 Å². The van der Waals surface area contributed by atoms with E-state index in [2.05, 4.69) is 14.6 Å². The molecule has 2 heterocycles. The molecule has 0 saturated carbocycles. The third-order valence-electron chi connectivity index (χ3n) is 2.30. The number of hydrogen-bond donors (Lipinski definition) is 1. The fourth-order valence-corrected chi connectivity index (χ4v) is 1.54. The summed E-state index contributed by atoms with van der Waals surface area (Å²) in [5.74, 6) is 1.05. The maximum atomic E-state index is 5.51. The topological polar surface area (TPSA) is 61.7 Å². The minimum absolute atomic E-state index is 0.638. The van der Waals surface area contributed by atoms with Crippen molar-refractivity contribution in [1.29, 1.82) is 0 Å². The summed E-state index contributed by atoms with van der Waals surface area (Å²) < 4.78 is 4.03. The predicted molar refractivity (Wildman–Crippen MR) is 57.2 cm³/mol. The summed E-state index contributed by atoms with van der Waals surface area (Å²) in [5, 5.41) is 4.15. The molecule has 0 aliphatic rings. The number of nitrogens with zero attached hydrogens (tertiary/aromatic N) is 4. The van der Waals surface area contributed by atoms with Crippen molar-refractivity contribution in [3.05, 3.63) is 36.7 Å². The van der Waals surface area contributed by atoms with Crippen molar-refractivity contribution in [2.75, 3.05) is 6.54 Å². The van der Waals surface area contributed by atoms with Gasteiger partial charge < -0.3 is 10.3 Å². The van der Waals surface area contributed by atoms with Gasteiger partial charge in [-0.05, 0) is 12.6 Å². The highest BCUT2D eigenvalue weighted by molar-refractivity contribution is 4.92. The number of imidazole rings is 1. The zero-order chi connectivity index (χ0) is 10.5. The van der Waals surface area contributed by atoms with Gasteiger partial charge >= 0.3 is 0 Å². The van der Waals surface area contributed by atoms with Gasteiger partial charge in [-0.15, -0.1) is 0 Å². The Morgan fingerprint density at radius 1 is 1.20 bits per heavy atom. The van der Waals surface area contributed by atoms with Gasteiger partial charge in [0.15, 0.2) is 0 Å². The lowest BCUT2D eigenvalue weighted by molar-refractivity contribution is 0.520. The van der Waals surface area contributed by atoms with E-state index in [1.807, 2.05) is 29.3 Å². The Balaban J connectivity index is 1.95. The normalized spacial score (nSPS) is 10.7. The molecular formula is C10H15N5. The standard InChI is InChI=1S/C10H15N5/c11-3-2-10-12-5-7-14(10)8-9-15-6-1-4-13-15/h1,4-7H,2-3,8-9,11H2. The summed E-state index contributed by atoms with van der Waals surface area (Å²) >= 11 is 0. The van der Waals surface area contributed by atoms with E-state index >= 15 is 0 Å². The molecule has 0 bridgehead atoms. The highest BCUT2D eigenvalue weighted by Gasteiger charge is 2.01. The van der Waals surface area contributed by atoms with E-state index in [-0.39, 0.29) is 0 Å². The lowest BCUT2D eigenvalue weighted by Gasteiger charge is -2.06. The minimum atomic E-state index is 0.638. The summed E-state index contributed by atoms with van der Waals surface area (Å²) in [6.45, 7) is 2.39. The summed E-state index contributed by atoms with van der Waals surface area (Å²) in [5.41, 5.74) is 5.51. The van der Waals surface area contributed by atoms with Gasteiger partial charge in [-0.2, -0.15) is 5.10 Å². The molecule has 0 aromatic carbocycles. The highest BCUT2D eigenvalue weighted by Crippen LogP contribution is 1.99. The van der Waals surface area contributed by atoms with Crippen molar-refractivity contribution in [1.82, 2.24) is 19.3 Å². The Hall–Kier alpha value is -1.62. The molecule has 0 aliphatic carbocycles. The van der Waals surface area contributed by atoms with Crippen LogP contribution < -0.4 is 5.73 Å². The lowest BCUT2D eigenvalue weighted by Crippen LogP contribution is -2.13. The average molecular weight is 205 g/mol. The van der Waals surface area contributed by atoms with E-state index in [9.17, 15) is 0 Å². The average Bonchev–Trinajstić information content (AvgIpc) is 2.85. The van der Waals surface area contributed by atoms with Crippen LogP contribution in [0.2, 0.25) is 0 Å².